The Balaban J connectivity index is 2.37. The van der Waals surface area contributed by atoms with Crippen molar-refractivity contribution in [3.63, 3.8) is 0 Å². The van der Waals surface area contributed by atoms with Gasteiger partial charge < -0.3 is 5.11 Å². The first kappa shape index (κ1) is 14.6. The van der Waals surface area contributed by atoms with Crippen LogP contribution < -0.4 is 0 Å². The Bertz CT molecular complexity index is 615. The largest absolute Gasteiger partial charge is 0.385 e. The third-order valence-corrected chi connectivity index (χ3v) is 3.38. The molecule has 106 valence electrons. The monoisotopic (exact) mass is 280 g/mol. The van der Waals surface area contributed by atoms with Gasteiger partial charge in [0, 0.05) is 12.0 Å². The normalized spacial score (nSPS) is 14.1. The lowest BCUT2D eigenvalue weighted by Gasteiger charge is -2.25. The molecule has 1 atom stereocenters. The molecular weight excluding hydrogens is 265 g/mol. The van der Waals surface area contributed by atoms with Crippen LogP contribution in [0, 0.1) is 24.4 Å². The third-order valence-electron chi connectivity index (χ3n) is 3.38. The van der Waals surface area contributed by atoms with Gasteiger partial charge in [0.1, 0.15) is 17.5 Å². The van der Waals surface area contributed by atoms with Crippen molar-refractivity contribution in [3.05, 3.63) is 70.5 Å². The van der Waals surface area contributed by atoms with Crippen LogP contribution in [0.1, 0.15) is 23.6 Å². The van der Waals surface area contributed by atoms with Gasteiger partial charge in [-0.1, -0.05) is 18.2 Å². The van der Waals surface area contributed by atoms with Crippen LogP contribution in [0.2, 0.25) is 0 Å². The summed E-state index contributed by atoms with van der Waals surface area (Å²) in [5.41, 5.74) is -1.04. The maximum Gasteiger partial charge on any atom is 0.129 e. The molecule has 1 unspecified atom stereocenters. The van der Waals surface area contributed by atoms with Gasteiger partial charge in [-0.05, 0) is 43.2 Å². The molecule has 2 aromatic rings. The number of benzene rings is 2. The van der Waals surface area contributed by atoms with Crippen molar-refractivity contribution in [1.29, 1.82) is 0 Å². The molecule has 0 aliphatic carbocycles. The van der Waals surface area contributed by atoms with Crippen LogP contribution in [0.5, 0.6) is 0 Å². The summed E-state index contributed by atoms with van der Waals surface area (Å²) in [6.45, 7) is 3.01. The lowest BCUT2D eigenvalue weighted by Crippen LogP contribution is -2.25. The van der Waals surface area contributed by atoms with Gasteiger partial charge in [0.25, 0.3) is 0 Å². The quantitative estimate of drug-likeness (QED) is 0.905. The summed E-state index contributed by atoms with van der Waals surface area (Å²) in [5.74, 6) is -1.91. The molecule has 0 fully saturated rings. The van der Waals surface area contributed by atoms with Gasteiger partial charge in [0.05, 0.1) is 5.60 Å². The first-order valence-corrected chi connectivity index (χ1v) is 6.23. The lowest BCUT2D eigenvalue weighted by atomic mass is 9.88. The molecule has 2 rings (SSSR count). The Morgan fingerprint density at radius 3 is 2.15 bits per heavy atom. The van der Waals surface area contributed by atoms with Gasteiger partial charge in [0.15, 0.2) is 0 Å². The Morgan fingerprint density at radius 1 is 1.00 bits per heavy atom. The van der Waals surface area contributed by atoms with Gasteiger partial charge in [-0.2, -0.15) is 0 Å². The number of aliphatic hydroxyl groups is 1. The molecule has 0 aliphatic heterocycles. The molecule has 0 bridgehead atoms. The second-order valence-electron chi connectivity index (χ2n) is 5.11. The highest BCUT2D eigenvalue weighted by Gasteiger charge is 2.27. The van der Waals surface area contributed by atoms with Gasteiger partial charge in [0.2, 0.25) is 0 Å². The number of hydrogen-bond acceptors (Lipinski definition) is 1. The van der Waals surface area contributed by atoms with E-state index < -0.39 is 23.1 Å². The van der Waals surface area contributed by atoms with Gasteiger partial charge >= 0.3 is 0 Å². The number of halogens is 3. The van der Waals surface area contributed by atoms with E-state index in [1.807, 2.05) is 0 Å². The van der Waals surface area contributed by atoms with E-state index in [0.29, 0.717) is 5.56 Å². The number of hydrogen-bond donors (Lipinski definition) is 1. The summed E-state index contributed by atoms with van der Waals surface area (Å²) in [6.07, 6.45) is -0.270. The fraction of sp³-hybridized carbons (Fsp3) is 0.250. The topological polar surface area (TPSA) is 20.2 Å². The van der Waals surface area contributed by atoms with Crippen LogP contribution in [-0.2, 0) is 12.0 Å². The Hall–Kier alpha value is -1.81. The van der Waals surface area contributed by atoms with Crippen LogP contribution in [0.25, 0.3) is 0 Å². The molecule has 0 heterocycles. The van der Waals surface area contributed by atoms with Crippen LogP contribution in [0.4, 0.5) is 13.2 Å². The van der Waals surface area contributed by atoms with E-state index in [1.54, 1.807) is 13.0 Å². The minimum atomic E-state index is -1.56. The highest BCUT2D eigenvalue weighted by Crippen LogP contribution is 2.28. The van der Waals surface area contributed by atoms with Crippen molar-refractivity contribution in [2.24, 2.45) is 0 Å². The second kappa shape index (κ2) is 5.29. The zero-order valence-electron chi connectivity index (χ0n) is 11.3. The molecular formula is C16H15F3O. The first-order valence-electron chi connectivity index (χ1n) is 6.23. The molecule has 1 nitrogen and oxygen atoms in total. The molecule has 0 spiro atoms. The second-order valence-corrected chi connectivity index (χ2v) is 5.11. The molecule has 0 aliphatic rings. The predicted molar refractivity (Wildman–Crippen MR) is 70.8 cm³/mol. The zero-order chi connectivity index (χ0) is 14.9. The van der Waals surface area contributed by atoms with Gasteiger partial charge in [-0.15, -0.1) is 0 Å². The molecule has 4 heteroatoms. The molecule has 0 saturated carbocycles. The predicted octanol–water partition coefficient (Wildman–Crippen LogP) is 3.86. The number of rotatable bonds is 3. The molecule has 0 saturated heterocycles. The molecule has 1 N–H and O–H groups in total. The van der Waals surface area contributed by atoms with Crippen molar-refractivity contribution < 1.29 is 18.3 Å². The lowest BCUT2D eigenvalue weighted by molar-refractivity contribution is 0.0553. The van der Waals surface area contributed by atoms with Crippen LogP contribution in [-0.4, -0.2) is 5.11 Å². The summed E-state index contributed by atoms with van der Waals surface area (Å²) in [7, 11) is 0. The van der Waals surface area contributed by atoms with E-state index in [9.17, 15) is 18.3 Å². The van der Waals surface area contributed by atoms with Crippen LogP contribution in [0.3, 0.4) is 0 Å². The van der Waals surface area contributed by atoms with Crippen LogP contribution in [0.15, 0.2) is 36.4 Å². The first-order chi connectivity index (χ1) is 9.31. The van der Waals surface area contributed by atoms with Crippen LogP contribution >= 0.6 is 0 Å². The van der Waals surface area contributed by atoms with Crippen molar-refractivity contribution in [3.8, 4) is 0 Å². The van der Waals surface area contributed by atoms with Gasteiger partial charge in [-0.25, -0.2) is 13.2 Å². The minimum absolute atomic E-state index is 0.210. The molecule has 0 radical (unpaired) electrons. The van der Waals surface area contributed by atoms with Crippen molar-refractivity contribution in [2.45, 2.75) is 25.9 Å². The van der Waals surface area contributed by atoms with Crippen molar-refractivity contribution in [1.82, 2.24) is 0 Å². The minimum Gasteiger partial charge on any atom is -0.385 e. The molecule has 0 amide bonds. The van der Waals surface area contributed by atoms with E-state index in [1.165, 1.54) is 25.1 Å². The average molecular weight is 280 g/mol. The smallest absolute Gasteiger partial charge is 0.129 e. The highest BCUT2D eigenvalue weighted by atomic mass is 19.1. The number of aryl methyl sites for hydroxylation is 1. The molecule has 20 heavy (non-hydrogen) atoms. The summed E-state index contributed by atoms with van der Waals surface area (Å²) >= 11 is 0. The summed E-state index contributed by atoms with van der Waals surface area (Å²) in [6, 6.07) is 7.78. The summed E-state index contributed by atoms with van der Waals surface area (Å²) in [5, 5.41) is 10.4. The SMILES string of the molecule is Cc1ccc(C(C)(O)Cc2c(F)cccc2F)cc1F. The van der Waals surface area contributed by atoms with E-state index in [2.05, 4.69) is 0 Å². The van der Waals surface area contributed by atoms with Gasteiger partial charge in [-0.3, -0.25) is 0 Å². The fourth-order valence-corrected chi connectivity index (χ4v) is 2.08. The van der Waals surface area contributed by atoms with E-state index >= 15 is 0 Å². The highest BCUT2D eigenvalue weighted by molar-refractivity contribution is 5.30. The average Bonchev–Trinajstić information content (AvgIpc) is 2.37. The zero-order valence-corrected chi connectivity index (χ0v) is 11.3. The van der Waals surface area contributed by atoms with Crippen molar-refractivity contribution >= 4 is 0 Å². The summed E-state index contributed by atoms with van der Waals surface area (Å²) < 4.78 is 40.8. The molecule has 2 aromatic carbocycles. The Labute approximate surface area is 115 Å². The maximum atomic E-state index is 13.6. The van der Waals surface area contributed by atoms with Crippen molar-refractivity contribution in [2.75, 3.05) is 0 Å². The fourth-order valence-electron chi connectivity index (χ4n) is 2.08. The summed E-state index contributed by atoms with van der Waals surface area (Å²) in [4.78, 5) is 0. The Kier molecular flexibility index (Phi) is 3.86. The van der Waals surface area contributed by atoms with E-state index in [4.69, 9.17) is 0 Å². The van der Waals surface area contributed by atoms with E-state index in [-0.39, 0.29) is 17.5 Å². The van der Waals surface area contributed by atoms with E-state index in [0.717, 1.165) is 12.1 Å². The Morgan fingerprint density at radius 2 is 1.60 bits per heavy atom. The standard InChI is InChI=1S/C16H15F3O/c1-10-6-7-11(8-15(10)19)16(2,20)9-12-13(17)4-3-5-14(12)18/h3-8,20H,9H2,1-2H3. The maximum absolute atomic E-state index is 13.6. The third kappa shape index (κ3) is 2.85. The molecule has 0 aromatic heterocycles.